The minimum absolute atomic E-state index is 0.00281. The molecule has 0 spiro atoms. The van der Waals surface area contributed by atoms with Gasteiger partial charge in [-0.15, -0.1) is 15.3 Å². The normalized spacial score (nSPS) is 16.0. The maximum absolute atomic E-state index is 13.1. The zero-order chi connectivity index (χ0) is 24.6. The summed E-state index contributed by atoms with van der Waals surface area (Å²) in [6.07, 6.45) is -4.73. The van der Waals surface area contributed by atoms with E-state index < -0.39 is 30.0 Å². The number of anilines is 1. The fraction of sp³-hybridized carbons (Fsp3) is 0.435. The van der Waals surface area contributed by atoms with Crippen LogP contribution in [0.4, 0.5) is 19.0 Å². The Kier molecular flexibility index (Phi) is 6.28. The molecule has 1 atom stereocenters. The highest BCUT2D eigenvalue weighted by Crippen LogP contribution is 2.29. The lowest BCUT2D eigenvalue weighted by Gasteiger charge is -2.32. The number of carbonyl (C=O) groups is 2. The number of piperidine rings is 1. The Morgan fingerprint density at radius 2 is 1.76 bits per heavy atom. The molecule has 8 nitrogen and oxygen atoms in total. The van der Waals surface area contributed by atoms with Gasteiger partial charge in [-0.3, -0.25) is 9.59 Å². The van der Waals surface area contributed by atoms with Gasteiger partial charge >= 0.3 is 12.1 Å². The maximum atomic E-state index is 13.1. The largest absolute Gasteiger partial charge is 0.454 e. The number of carbonyl (C=O) groups excluding carboxylic acids is 2. The summed E-state index contributed by atoms with van der Waals surface area (Å²) in [6, 6.07) is 8.36. The monoisotopic (exact) mass is 475 g/mol. The predicted octanol–water partition coefficient (Wildman–Crippen LogP) is 3.79. The highest BCUT2D eigenvalue weighted by molar-refractivity contribution is 6.00. The third-order valence-electron chi connectivity index (χ3n) is 6.11. The molecule has 3 aromatic rings. The standard InChI is InChI=1S/C23H24F3N5O3/c1-13-4-5-17(12-14(13)2)20(32)15(3)34-21(33)16-8-10-30(11-9-16)19-7-6-18-27-28-22(23(24,25)26)31(18)29-19/h4-7,12,15-16H,8-11H2,1-3H3. The van der Waals surface area contributed by atoms with Crippen molar-refractivity contribution >= 4 is 23.2 Å². The van der Waals surface area contributed by atoms with Crippen molar-refractivity contribution in [2.75, 3.05) is 18.0 Å². The molecule has 34 heavy (non-hydrogen) atoms. The van der Waals surface area contributed by atoms with E-state index >= 15 is 0 Å². The molecule has 1 aliphatic heterocycles. The van der Waals surface area contributed by atoms with Crippen molar-refractivity contribution in [2.24, 2.45) is 5.92 Å². The molecular weight excluding hydrogens is 451 g/mol. The van der Waals surface area contributed by atoms with Crippen LogP contribution < -0.4 is 4.90 Å². The van der Waals surface area contributed by atoms with E-state index in [0.717, 1.165) is 11.1 Å². The summed E-state index contributed by atoms with van der Waals surface area (Å²) < 4.78 is 45.5. The first kappa shape index (κ1) is 23.7. The third kappa shape index (κ3) is 4.73. The molecule has 2 aromatic heterocycles. The van der Waals surface area contributed by atoms with Crippen LogP contribution in [-0.2, 0) is 15.7 Å². The summed E-state index contributed by atoms with van der Waals surface area (Å²) in [4.78, 5) is 27.1. The lowest BCUT2D eigenvalue weighted by atomic mass is 9.96. The Morgan fingerprint density at radius 3 is 2.41 bits per heavy atom. The number of esters is 1. The van der Waals surface area contributed by atoms with E-state index in [9.17, 15) is 22.8 Å². The van der Waals surface area contributed by atoms with Crippen LogP contribution in [0.15, 0.2) is 30.3 Å². The van der Waals surface area contributed by atoms with Crippen LogP contribution in [0.5, 0.6) is 0 Å². The van der Waals surface area contributed by atoms with E-state index in [0.29, 0.717) is 41.8 Å². The smallest absolute Gasteiger partial charge is 0.453 e. The van der Waals surface area contributed by atoms with E-state index in [1.165, 1.54) is 6.07 Å². The number of halogens is 3. The Morgan fingerprint density at radius 1 is 1.06 bits per heavy atom. The summed E-state index contributed by atoms with van der Waals surface area (Å²) in [5, 5.41) is 10.7. The van der Waals surface area contributed by atoms with E-state index in [1.54, 1.807) is 30.0 Å². The Labute approximate surface area is 193 Å². The maximum Gasteiger partial charge on any atom is 0.453 e. The minimum Gasteiger partial charge on any atom is -0.454 e. The predicted molar refractivity (Wildman–Crippen MR) is 117 cm³/mol. The summed E-state index contributed by atoms with van der Waals surface area (Å²) in [5.41, 5.74) is 2.54. The van der Waals surface area contributed by atoms with Crippen LogP contribution >= 0.6 is 0 Å². The number of benzene rings is 1. The zero-order valence-corrected chi connectivity index (χ0v) is 19.0. The van der Waals surface area contributed by atoms with Crippen LogP contribution in [0.25, 0.3) is 5.65 Å². The fourth-order valence-corrected chi connectivity index (χ4v) is 3.92. The SMILES string of the molecule is Cc1ccc(C(=O)C(C)OC(=O)C2CCN(c3ccc4nnc(C(F)(F)F)n4n3)CC2)cc1C. The van der Waals surface area contributed by atoms with Crippen molar-refractivity contribution < 1.29 is 27.5 Å². The lowest BCUT2D eigenvalue weighted by molar-refractivity contribution is -0.152. The lowest BCUT2D eigenvalue weighted by Crippen LogP contribution is -2.39. The van der Waals surface area contributed by atoms with E-state index in [-0.39, 0.29) is 11.4 Å². The third-order valence-corrected chi connectivity index (χ3v) is 6.11. The highest BCUT2D eigenvalue weighted by Gasteiger charge is 2.38. The molecule has 1 unspecified atom stereocenters. The van der Waals surface area contributed by atoms with Crippen molar-refractivity contribution in [3.8, 4) is 0 Å². The van der Waals surface area contributed by atoms with Gasteiger partial charge in [-0.1, -0.05) is 12.1 Å². The Bertz CT molecular complexity index is 1230. The topological polar surface area (TPSA) is 89.7 Å². The van der Waals surface area contributed by atoms with Gasteiger partial charge in [-0.05, 0) is 62.9 Å². The molecule has 0 saturated carbocycles. The number of ether oxygens (including phenoxy) is 1. The van der Waals surface area contributed by atoms with Gasteiger partial charge < -0.3 is 9.64 Å². The van der Waals surface area contributed by atoms with Crippen LogP contribution in [0.1, 0.15) is 47.1 Å². The molecule has 4 rings (SSSR count). The van der Waals surface area contributed by atoms with Gasteiger partial charge in [0, 0.05) is 18.7 Å². The number of Topliss-reactive ketones (excluding diaryl/α,β-unsaturated/α-hetero) is 1. The number of hydrogen-bond donors (Lipinski definition) is 0. The molecule has 180 valence electrons. The average molecular weight is 475 g/mol. The number of hydrogen-bond acceptors (Lipinski definition) is 7. The number of nitrogens with zero attached hydrogens (tertiary/aromatic N) is 5. The van der Waals surface area contributed by atoms with E-state index in [4.69, 9.17) is 4.74 Å². The molecule has 0 radical (unpaired) electrons. The second-order valence-corrected chi connectivity index (χ2v) is 8.49. The first-order valence-electron chi connectivity index (χ1n) is 10.9. The number of fused-ring (bicyclic) bond motifs is 1. The molecule has 0 amide bonds. The molecule has 0 bridgehead atoms. The van der Waals surface area contributed by atoms with Gasteiger partial charge in [0.2, 0.25) is 5.78 Å². The van der Waals surface area contributed by atoms with E-state index in [1.807, 2.05) is 19.9 Å². The summed E-state index contributed by atoms with van der Waals surface area (Å²) >= 11 is 0. The molecule has 3 heterocycles. The van der Waals surface area contributed by atoms with Crippen molar-refractivity contribution in [1.82, 2.24) is 19.8 Å². The molecule has 1 aromatic carbocycles. The molecular formula is C23H24F3N5O3. The van der Waals surface area contributed by atoms with Crippen LogP contribution in [0.2, 0.25) is 0 Å². The number of aromatic nitrogens is 4. The van der Waals surface area contributed by atoms with Crippen molar-refractivity contribution in [3.63, 3.8) is 0 Å². The first-order valence-corrected chi connectivity index (χ1v) is 10.9. The van der Waals surface area contributed by atoms with Crippen molar-refractivity contribution in [1.29, 1.82) is 0 Å². The molecule has 11 heteroatoms. The van der Waals surface area contributed by atoms with Gasteiger partial charge in [-0.25, -0.2) is 0 Å². The zero-order valence-electron chi connectivity index (χ0n) is 19.0. The van der Waals surface area contributed by atoms with Gasteiger partial charge in [-0.2, -0.15) is 17.7 Å². The van der Waals surface area contributed by atoms with Crippen LogP contribution in [0, 0.1) is 19.8 Å². The average Bonchev–Trinajstić information content (AvgIpc) is 3.24. The molecule has 0 N–H and O–H groups in total. The summed E-state index contributed by atoms with van der Waals surface area (Å²) in [5.74, 6) is -1.98. The number of ketones is 1. The molecule has 1 saturated heterocycles. The van der Waals surface area contributed by atoms with E-state index in [2.05, 4.69) is 15.3 Å². The summed E-state index contributed by atoms with van der Waals surface area (Å²) in [7, 11) is 0. The second-order valence-electron chi connectivity index (χ2n) is 8.49. The van der Waals surface area contributed by atoms with Gasteiger partial charge in [0.1, 0.15) is 5.82 Å². The number of alkyl halides is 3. The van der Waals surface area contributed by atoms with Gasteiger partial charge in [0.25, 0.3) is 5.82 Å². The Balaban J connectivity index is 1.37. The van der Waals surface area contributed by atoms with Crippen molar-refractivity contribution in [3.05, 3.63) is 52.8 Å². The highest BCUT2D eigenvalue weighted by atomic mass is 19.4. The fourth-order valence-electron chi connectivity index (χ4n) is 3.92. The molecule has 1 aliphatic rings. The number of rotatable bonds is 5. The number of aryl methyl sites for hydroxylation is 2. The first-order chi connectivity index (χ1) is 16.0. The molecule has 0 aliphatic carbocycles. The Hall–Kier alpha value is -3.50. The van der Waals surface area contributed by atoms with Gasteiger partial charge in [0.05, 0.1) is 5.92 Å². The summed E-state index contributed by atoms with van der Waals surface area (Å²) in [6.45, 7) is 6.23. The van der Waals surface area contributed by atoms with Crippen molar-refractivity contribution in [2.45, 2.75) is 45.9 Å². The molecule has 1 fully saturated rings. The second kappa shape index (κ2) is 9.03. The minimum atomic E-state index is -4.67. The quantitative estimate of drug-likeness (QED) is 0.410. The van der Waals surface area contributed by atoms with Gasteiger partial charge in [0.15, 0.2) is 11.8 Å². The van der Waals surface area contributed by atoms with Crippen LogP contribution in [-0.4, -0.2) is 50.8 Å². The van der Waals surface area contributed by atoms with Crippen LogP contribution in [0.3, 0.4) is 0 Å².